The Kier molecular flexibility index (Phi) is 5.39. The van der Waals surface area contributed by atoms with Gasteiger partial charge in [-0.3, -0.25) is 0 Å². The van der Waals surface area contributed by atoms with Gasteiger partial charge in [-0.25, -0.2) is 0 Å². The Morgan fingerprint density at radius 2 is 2.17 bits per heavy atom. The molecule has 0 aliphatic carbocycles. The third-order valence-corrected chi connectivity index (χ3v) is 4.48. The van der Waals surface area contributed by atoms with Crippen molar-refractivity contribution in [3.05, 3.63) is 24.3 Å². The summed E-state index contributed by atoms with van der Waals surface area (Å²) in [6.45, 7) is 2.07. The lowest BCUT2D eigenvalue weighted by Gasteiger charge is -2.32. The Labute approximate surface area is 115 Å². The first kappa shape index (κ1) is 13.8. The largest absolute Gasteiger partial charge is 0.492 e. The van der Waals surface area contributed by atoms with Crippen molar-refractivity contribution in [2.75, 3.05) is 26.5 Å². The zero-order chi connectivity index (χ0) is 12.8. The summed E-state index contributed by atoms with van der Waals surface area (Å²) >= 11 is 1.75. The lowest BCUT2D eigenvalue weighted by atomic mass is 10.0. The fourth-order valence-electron chi connectivity index (χ4n) is 2.55. The van der Waals surface area contributed by atoms with E-state index in [4.69, 9.17) is 4.74 Å². The highest BCUT2D eigenvalue weighted by Crippen LogP contribution is 2.27. The first-order chi connectivity index (χ1) is 8.81. The van der Waals surface area contributed by atoms with Crippen molar-refractivity contribution in [1.82, 2.24) is 4.90 Å². The normalized spacial score (nSPS) is 20.9. The molecule has 0 bridgehead atoms. The molecule has 0 saturated carbocycles. The fourth-order valence-corrected chi connectivity index (χ4v) is 3.09. The SMILES string of the molecule is CSc1ccccc1OCCC1CCCCN1C. The van der Waals surface area contributed by atoms with E-state index in [0.717, 1.165) is 18.8 Å². The molecule has 18 heavy (non-hydrogen) atoms. The molecule has 1 aromatic carbocycles. The average molecular weight is 265 g/mol. The molecule has 1 aliphatic heterocycles. The Morgan fingerprint density at radius 1 is 1.33 bits per heavy atom. The van der Waals surface area contributed by atoms with Gasteiger partial charge in [0.1, 0.15) is 5.75 Å². The van der Waals surface area contributed by atoms with Gasteiger partial charge in [0.05, 0.1) is 6.61 Å². The van der Waals surface area contributed by atoms with Crippen molar-refractivity contribution >= 4 is 11.8 Å². The molecule has 3 heteroatoms. The number of likely N-dealkylation sites (tertiary alicyclic amines) is 1. The van der Waals surface area contributed by atoms with E-state index in [0.29, 0.717) is 6.04 Å². The van der Waals surface area contributed by atoms with E-state index in [1.54, 1.807) is 11.8 Å². The molecule has 0 spiro atoms. The fraction of sp³-hybridized carbons (Fsp3) is 0.600. The number of rotatable bonds is 5. The minimum atomic E-state index is 0.709. The van der Waals surface area contributed by atoms with Crippen molar-refractivity contribution in [1.29, 1.82) is 0 Å². The molecular weight excluding hydrogens is 242 g/mol. The Morgan fingerprint density at radius 3 is 2.94 bits per heavy atom. The number of nitrogens with zero attached hydrogens (tertiary/aromatic N) is 1. The van der Waals surface area contributed by atoms with Crippen LogP contribution in [-0.2, 0) is 0 Å². The summed E-state index contributed by atoms with van der Waals surface area (Å²) in [4.78, 5) is 3.71. The van der Waals surface area contributed by atoms with Gasteiger partial charge in [-0.15, -0.1) is 11.8 Å². The van der Waals surface area contributed by atoms with E-state index in [1.165, 1.54) is 30.7 Å². The predicted molar refractivity (Wildman–Crippen MR) is 78.6 cm³/mol. The maximum Gasteiger partial charge on any atom is 0.132 e. The maximum atomic E-state index is 5.93. The Hall–Kier alpha value is -0.670. The van der Waals surface area contributed by atoms with Crippen molar-refractivity contribution in [2.24, 2.45) is 0 Å². The summed E-state index contributed by atoms with van der Waals surface area (Å²) in [5.74, 6) is 1.03. The standard InChI is InChI=1S/C15H23NOS/c1-16-11-6-5-7-13(16)10-12-17-14-8-3-4-9-15(14)18-2/h3-4,8-9,13H,5-7,10-12H2,1-2H3. The molecule has 0 amide bonds. The monoisotopic (exact) mass is 265 g/mol. The van der Waals surface area contributed by atoms with Crippen LogP contribution in [0.3, 0.4) is 0 Å². The van der Waals surface area contributed by atoms with Crippen molar-refractivity contribution in [3.8, 4) is 5.75 Å². The summed E-state index contributed by atoms with van der Waals surface area (Å²) in [5, 5.41) is 0. The maximum absolute atomic E-state index is 5.93. The molecule has 0 aromatic heterocycles. The number of benzene rings is 1. The highest BCUT2D eigenvalue weighted by atomic mass is 32.2. The molecule has 1 aromatic rings. The van der Waals surface area contributed by atoms with Crippen molar-refractivity contribution in [3.63, 3.8) is 0 Å². The average Bonchev–Trinajstić information content (AvgIpc) is 2.41. The van der Waals surface area contributed by atoms with Gasteiger partial charge in [0.15, 0.2) is 0 Å². The highest BCUT2D eigenvalue weighted by Gasteiger charge is 2.18. The van der Waals surface area contributed by atoms with Gasteiger partial charge in [0, 0.05) is 10.9 Å². The van der Waals surface area contributed by atoms with Gasteiger partial charge >= 0.3 is 0 Å². The van der Waals surface area contributed by atoms with Crippen LogP contribution in [0.25, 0.3) is 0 Å². The molecular formula is C15H23NOS. The summed E-state index contributed by atoms with van der Waals surface area (Å²) in [5.41, 5.74) is 0. The van der Waals surface area contributed by atoms with Gasteiger partial charge in [-0.1, -0.05) is 18.6 Å². The van der Waals surface area contributed by atoms with Gasteiger partial charge in [0.2, 0.25) is 0 Å². The summed E-state index contributed by atoms with van der Waals surface area (Å²) in [6, 6.07) is 9.00. The Balaban J connectivity index is 1.80. The molecule has 2 rings (SSSR count). The van der Waals surface area contributed by atoms with Gasteiger partial charge in [-0.2, -0.15) is 0 Å². The van der Waals surface area contributed by atoms with E-state index in [2.05, 4.69) is 36.4 Å². The minimum absolute atomic E-state index is 0.709. The molecule has 1 heterocycles. The second-order valence-electron chi connectivity index (χ2n) is 4.92. The highest BCUT2D eigenvalue weighted by molar-refractivity contribution is 7.98. The van der Waals surface area contributed by atoms with Crippen LogP contribution in [0.4, 0.5) is 0 Å². The number of thioether (sulfide) groups is 1. The molecule has 1 atom stereocenters. The van der Waals surface area contributed by atoms with Crippen LogP contribution in [-0.4, -0.2) is 37.4 Å². The second-order valence-corrected chi connectivity index (χ2v) is 5.77. The number of para-hydroxylation sites is 1. The van der Waals surface area contributed by atoms with Crippen molar-refractivity contribution < 1.29 is 4.74 Å². The van der Waals surface area contributed by atoms with Gasteiger partial charge < -0.3 is 9.64 Å². The van der Waals surface area contributed by atoms with Crippen LogP contribution in [0, 0.1) is 0 Å². The smallest absolute Gasteiger partial charge is 0.132 e. The number of piperidine rings is 1. The van der Waals surface area contributed by atoms with E-state index in [9.17, 15) is 0 Å². The molecule has 0 N–H and O–H groups in total. The summed E-state index contributed by atoms with van der Waals surface area (Å²) in [6.07, 6.45) is 7.28. The minimum Gasteiger partial charge on any atom is -0.492 e. The van der Waals surface area contributed by atoms with Gasteiger partial charge in [-0.05, 0) is 51.2 Å². The van der Waals surface area contributed by atoms with Crippen LogP contribution >= 0.6 is 11.8 Å². The van der Waals surface area contributed by atoms with E-state index < -0.39 is 0 Å². The molecule has 1 fully saturated rings. The summed E-state index contributed by atoms with van der Waals surface area (Å²) < 4.78 is 5.93. The van der Waals surface area contributed by atoms with Gasteiger partial charge in [0.25, 0.3) is 0 Å². The first-order valence-electron chi connectivity index (χ1n) is 6.77. The van der Waals surface area contributed by atoms with E-state index in [-0.39, 0.29) is 0 Å². The zero-order valence-corrected chi connectivity index (χ0v) is 12.2. The molecule has 1 aliphatic rings. The van der Waals surface area contributed by atoms with Crippen LogP contribution in [0.15, 0.2) is 29.2 Å². The molecule has 0 radical (unpaired) electrons. The number of hydrogen-bond donors (Lipinski definition) is 0. The molecule has 2 nitrogen and oxygen atoms in total. The molecule has 100 valence electrons. The second kappa shape index (κ2) is 7.05. The van der Waals surface area contributed by atoms with Crippen LogP contribution < -0.4 is 4.74 Å². The third-order valence-electron chi connectivity index (χ3n) is 3.70. The van der Waals surface area contributed by atoms with Crippen LogP contribution in [0.5, 0.6) is 5.75 Å². The topological polar surface area (TPSA) is 12.5 Å². The lowest BCUT2D eigenvalue weighted by molar-refractivity contribution is 0.152. The molecule has 1 unspecified atom stereocenters. The predicted octanol–water partition coefficient (Wildman–Crippen LogP) is 3.66. The lowest BCUT2D eigenvalue weighted by Crippen LogP contribution is -2.37. The Bertz CT molecular complexity index is 369. The van der Waals surface area contributed by atoms with Crippen molar-refractivity contribution in [2.45, 2.75) is 36.6 Å². The number of ether oxygens (including phenoxy) is 1. The van der Waals surface area contributed by atoms with E-state index in [1.807, 2.05) is 6.07 Å². The van der Waals surface area contributed by atoms with Crippen LogP contribution in [0.2, 0.25) is 0 Å². The quantitative estimate of drug-likeness (QED) is 0.754. The molecule has 1 saturated heterocycles. The van der Waals surface area contributed by atoms with E-state index >= 15 is 0 Å². The number of hydrogen-bond acceptors (Lipinski definition) is 3. The first-order valence-corrected chi connectivity index (χ1v) is 8.00. The summed E-state index contributed by atoms with van der Waals surface area (Å²) in [7, 11) is 2.24. The van der Waals surface area contributed by atoms with Crippen LogP contribution in [0.1, 0.15) is 25.7 Å². The third kappa shape index (κ3) is 3.66. The zero-order valence-electron chi connectivity index (χ0n) is 11.4.